The summed E-state index contributed by atoms with van der Waals surface area (Å²) in [6, 6.07) is 6.13. The molecular weight excluding hydrogens is 210 g/mol. The van der Waals surface area contributed by atoms with Crippen LogP contribution in [0.3, 0.4) is 0 Å². The SMILES string of the molecule is O=C(Nc1cccc(O)c1)c1c[nH]c(=O)[nH]1. The van der Waals surface area contributed by atoms with Crippen LogP contribution in [0.25, 0.3) is 0 Å². The first-order valence-corrected chi connectivity index (χ1v) is 4.53. The van der Waals surface area contributed by atoms with Crippen molar-refractivity contribution < 1.29 is 9.90 Å². The summed E-state index contributed by atoms with van der Waals surface area (Å²) in [5.74, 6) is -0.399. The second-order valence-corrected chi connectivity index (χ2v) is 3.16. The first-order chi connectivity index (χ1) is 7.65. The normalized spacial score (nSPS) is 10.0. The maximum atomic E-state index is 11.6. The summed E-state index contributed by atoms with van der Waals surface area (Å²) in [5, 5.41) is 11.7. The maximum Gasteiger partial charge on any atom is 0.323 e. The molecule has 0 atom stereocenters. The van der Waals surface area contributed by atoms with Crippen LogP contribution < -0.4 is 11.0 Å². The predicted octanol–water partition coefficient (Wildman–Crippen LogP) is 0.661. The number of phenolic OH excluding ortho intramolecular Hbond substituents is 1. The lowest BCUT2D eigenvalue weighted by atomic mass is 10.3. The fourth-order valence-corrected chi connectivity index (χ4v) is 1.24. The fraction of sp³-hybridized carbons (Fsp3) is 0. The number of amides is 1. The van der Waals surface area contributed by atoms with Crippen LogP contribution in [0.1, 0.15) is 10.5 Å². The summed E-state index contributed by atoms with van der Waals surface area (Å²) in [5.41, 5.74) is 0.140. The molecule has 6 nitrogen and oxygen atoms in total. The number of nitrogens with one attached hydrogen (secondary N) is 3. The summed E-state index contributed by atoms with van der Waals surface area (Å²) >= 11 is 0. The van der Waals surface area contributed by atoms with E-state index in [9.17, 15) is 14.7 Å². The zero-order chi connectivity index (χ0) is 11.5. The lowest BCUT2D eigenvalue weighted by Crippen LogP contribution is -2.13. The smallest absolute Gasteiger partial charge is 0.323 e. The maximum absolute atomic E-state index is 11.6. The Morgan fingerprint density at radius 3 is 2.81 bits per heavy atom. The van der Waals surface area contributed by atoms with E-state index >= 15 is 0 Å². The highest BCUT2D eigenvalue weighted by Crippen LogP contribution is 2.15. The van der Waals surface area contributed by atoms with E-state index < -0.39 is 11.6 Å². The molecule has 1 aromatic heterocycles. The van der Waals surface area contributed by atoms with Crippen LogP contribution in [-0.4, -0.2) is 21.0 Å². The summed E-state index contributed by atoms with van der Waals surface area (Å²) in [6.45, 7) is 0. The minimum atomic E-state index is -0.455. The summed E-state index contributed by atoms with van der Waals surface area (Å²) < 4.78 is 0. The third-order valence-electron chi connectivity index (χ3n) is 1.94. The third kappa shape index (κ3) is 2.11. The van der Waals surface area contributed by atoms with Crippen molar-refractivity contribution in [1.29, 1.82) is 0 Å². The van der Waals surface area contributed by atoms with Crippen LogP contribution in [-0.2, 0) is 0 Å². The molecule has 0 aliphatic rings. The van der Waals surface area contributed by atoms with Crippen LogP contribution in [0.5, 0.6) is 5.75 Å². The molecule has 0 saturated heterocycles. The van der Waals surface area contributed by atoms with Crippen molar-refractivity contribution in [2.75, 3.05) is 5.32 Å². The molecule has 0 saturated carbocycles. The molecular formula is C10H9N3O3. The number of aromatic amines is 2. The van der Waals surface area contributed by atoms with Crippen molar-refractivity contribution in [3.05, 3.63) is 46.6 Å². The summed E-state index contributed by atoms with van der Waals surface area (Å²) in [4.78, 5) is 27.0. The standard InChI is InChI=1S/C10H9N3O3/c14-7-3-1-2-6(4-7)12-9(15)8-5-11-10(16)13-8/h1-5,14H,(H,12,15)(H2,11,13,16). The number of carbonyl (C=O) groups excluding carboxylic acids is 1. The van der Waals surface area contributed by atoms with Crippen molar-refractivity contribution in [1.82, 2.24) is 9.97 Å². The Hall–Kier alpha value is -2.50. The third-order valence-corrected chi connectivity index (χ3v) is 1.94. The highest BCUT2D eigenvalue weighted by atomic mass is 16.3. The Morgan fingerprint density at radius 1 is 1.38 bits per heavy atom. The minimum Gasteiger partial charge on any atom is -0.508 e. The number of hydrogen-bond donors (Lipinski definition) is 4. The molecule has 2 aromatic rings. The molecule has 2 rings (SSSR count). The first-order valence-electron chi connectivity index (χ1n) is 4.53. The van der Waals surface area contributed by atoms with Gasteiger partial charge in [0.25, 0.3) is 5.91 Å². The monoisotopic (exact) mass is 219 g/mol. The Balaban J connectivity index is 2.16. The van der Waals surface area contributed by atoms with Crippen LogP contribution in [0.2, 0.25) is 0 Å². The number of carbonyl (C=O) groups is 1. The molecule has 0 fully saturated rings. The average Bonchev–Trinajstić information content (AvgIpc) is 2.65. The number of phenols is 1. The number of H-pyrrole nitrogens is 2. The molecule has 4 N–H and O–H groups in total. The average molecular weight is 219 g/mol. The van der Waals surface area contributed by atoms with Crippen molar-refractivity contribution in [3.63, 3.8) is 0 Å². The van der Waals surface area contributed by atoms with Crippen molar-refractivity contribution in [2.45, 2.75) is 0 Å². The topological polar surface area (TPSA) is 98.0 Å². The molecule has 0 radical (unpaired) electrons. The van der Waals surface area contributed by atoms with E-state index in [4.69, 9.17) is 0 Å². The number of hydrogen-bond acceptors (Lipinski definition) is 3. The van der Waals surface area contributed by atoms with Gasteiger partial charge < -0.3 is 20.4 Å². The van der Waals surface area contributed by atoms with Gasteiger partial charge in [0.15, 0.2) is 0 Å². The number of benzene rings is 1. The van der Waals surface area contributed by atoms with Crippen LogP contribution in [0, 0.1) is 0 Å². The van der Waals surface area contributed by atoms with Gasteiger partial charge in [0, 0.05) is 18.0 Å². The van der Waals surface area contributed by atoms with E-state index in [1.54, 1.807) is 12.1 Å². The largest absolute Gasteiger partial charge is 0.508 e. The van der Waals surface area contributed by atoms with Gasteiger partial charge >= 0.3 is 5.69 Å². The highest BCUT2D eigenvalue weighted by Gasteiger charge is 2.07. The molecule has 0 aliphatic heterocycles. The summed E-state index contributed by atoms with van der Waals surface area (Å²) in [6.07, 6.45) is 1.28. The fourth-order valence-electron chi connectivity index (χ4n) is 1.24. The quantitative estimate of drug-likeness (QED) is 0.597. The molecule has 16 heavy (non-hydrogen) atoms. The molecule has 0 unspecified atom stereocenters. The molecule has 1 amide bonds. The van der Waals surface area contributed by atoms with Gasteiger partial charge in [0.1, 0.15) is 11.4 Å². The number of anilines is 1. The van der Waals surface area contributed by atoms with E-state index in [0.29, 0.717) is 5.69 Å². The van der Waals surface area contributed by atoms with E-state index in [-0.39, 0.29) is 11.4 Å². The summed E-state index contributed by atoms with van der Waals surface area (Å²) in [7, 11) is 0. The van der Waals surface area contributed by atoms with Crippen LogP contribution >= 0.6 is 0 Å². The van der Waals surface area contributed by atoms with E-state index in [2.05, 4.69) is 15.3 Å². The van der Waals surface area contributed by atoms with E-state index in [1.165, 1.54) is 18.3 Å². The molecule has 1 heterocycles. The van der Waals surface area contributed by atoms with Gasteiger partial charge in [-0.2, -0.15) is 0 Å². The van der Waals surface area contributed by atoms with Crippen molar-refractivity contribution in [3.8, 4) is 5.75 Å². The second-order valence-electron chi connectivity index (χ2n) is 3.16. The predicted molar refractivity (Wildman–Crippen MR) is 57.5 cm³/mol. The van der Waals surface area contributed by atoms with Gasteiger partial charge in [-0.05, 0) is 12.1 Å². The Morgan fingerprint density at radius 2 is 2.19 bits per heavy atom. The number of aromatic hydroxyl groups is 1. The van der Waals surface area contributed by atoms with Gasteiger partial charge in [0.05, 0.1) is 0 Å². The van der Waals surface area contributed by atoms with Crippen molar-refractivity contribution >= 4 is 11.6 Å². The van der Waals surface area contributed by atoms with Crippen LogP contribution in [0.4, 0.5) is 5.69 Å². The first kappa shape index (κ1) is 10.0. The Kier molecular flexibility index (Phi) is 2.47. The van der Waals surface area contributed by atoms with E-state index in [1.807, 2.05) is 0 Å². The van der Waals surface area contributed by atoms with Gasteiger partial charge in [-0.3, -0.25) is 4.79 Å². The van der Waals surface area contributed by atoms with E-state index in [0.717, 1.165) is 0 Å². The molecule has 1 aromatic carbocycles. The van der Waals surface area contributed by atoms with Gasteiger partial charge in [-0.1, -0.05) is 6.07 Å². The van der Waals surface area contributed by atoms with Gasteiger partial charge in [0.2, 0.25) is 0 Å². The lowest BCUT2D eigenvalue weighted by Gasteiger charge is -2.03. The number of imidazole rings is 1. The lowest BCUT2D eigenvalue weighted by molar-refractivity contribution is 0.102. The minimum absolute atomic E-state index is 0.0559. The Labute approximate surface area is 89.9 Å². The number of rotatable bonds is 2. The molecule has 82 valence electrons. The molecule has 0 aliphatic carbocycles. The molecule has 0 spiro atoms. The number of aromatic nitrogens is 2. The molecule has 6 heteroatoms. The molecule has 0 bridgehead atoms. The van der Waals surface area contributed by atoms with Gasteiger partial charge in [-0.15, -0.1) is 0 Å². The highest BCUT2D eigenvalue weighted by molar-refractivity contribution is 6.02. The van der Waals surface area contributed by atoms with Crippen LogP contribution in [0.15, 0.2) is 35.3 Å². The second kappa shape index (κ2) is 3.93. The zero-order valence-corrected chi connectivity index (χ0v) is 8.15. The zero-order valence-electron chi connectivity index (χ0n) is 8.15. The Bertz CT molecular complexity index is 570. The van der Waals surface area contributed by atoms with Crippen molar-refractivity contribution in [2.24, 2.45) is 0 Å². The van der Waals surface area contributed by atoms with Gasteiger partial charge in [-0.25, -0.2) is 4.79 Å².